The Kier molecular flexibility index (Phi) is 12.1. The third kappa shape index (κ3) is 11.6. The van der Waals surface area contributed by atoms with Crippen LogP contribution < -0.4 is 0 Å². The third-order valence-corrected chi connectivity index (χ3v) is 6.91. The van der Waals surface area contributed by atoms with Gasteiger partial charge in [-0.2, -0.15) is 9.98 Å². The molecular formula is C33H50N4O5. The Balaban J connectivity index is 1.53. The van der Waals surface area contributed by atoms with Gasteiger partial charge in [0.15, 0.2) is 0 Å². The molecule has 1 aromatic heterocycles. The number of aryl methyl sites for hydroxylation is 1. The minimum atomic E-state index is -0.740. The first-order valence-electron chi connectivity index (χ1n) is 15.5. The maximum atomic E-state index is 12.5. The lowest BCUT2D eigenvalue weighted by atomic mass is 9.99. The van der Waals surface area contributed by atoms with Gasteiger partial charge in [-0.1, -0.05) is 81.3 Å². The van der Waals surface area contributed by atoms with E-state index >= 15 is 0 Å². The zero-order valence-corrected chi connectivity index (χ0v) is 26.7. The molecule has 0 N–H and O–H groups in total. The Hall–Kier alpha value is -3.23. The van der Waals surface area contributed by atoms with Gasteiger partial charge in [0.05, 0.1) is 5.92 Å². The molecule has 0 saturated carbocycles. The van der Waals surface area contributed by atoms with Crippen molar-refractivity contribution in [3.05, 3.63) is 35.7 Å². The number of carbonyl (C=O) groups is 2. The molecular weight excluding hydrogens is 532 g/mol. The Morgan fingerprint density at radius 3 is 2.10 bits per heavy atom. The minimum Gasteiger partial charge on any atom is -0.460 e. The molecule has 1 aliphatic heterocycles. The average molecular weight is 583 g/mol. The number of benzene rings is 1. The minimum absolute atomic E-state index is 0.0324. The van der Waals surface area contributed by atoms with Gasteiger partial charge in [-0.25, -0.2) is 4.79 Å². The number of hydrogen-bond acceptors (Lipinski definition) is 7. The van der Waals surface area contributed by atoms with Gasteiger partial charge >= 0.3 is 12.1 Å². The van der Waals surface area contributed by atoms with Crippen LogP contribution in [0.1, 0.15) is 124 Å². The molecule has 0 aliphatic carbocycles. The van der Waals surface area contributed by atoms with E-state index in [0.717, 1.165) is 12.0 Å². The smallest absolute Gasteiger partial charge is 0.435 e. The van der Waals surface area contributed by atoms with Crippen LogP contribution in [0.3, 0.4) is 0 Å². The summed E-state index contributed by atoms with van der Waals surface area (Å²) in [6, 6.07) is 8.39. The highest BCUT2D eigenvalue weighted by molar-refractivity contribution is 6.02. The highest BCUT2D eigenvalue weighted by atomic mass is 16.6. The van der Waals surface area contributed by atoms with Crippen molar-refractivity contribution >= 4 is 17.9 Å². The molecule has 3 rings (SSSR count). The topological polar surface area (TPSA) is 107 Å². The van der Waals surface area contributed by atoms with E-state index in [2.05, 4.69) is 34.2 Å². The van der Waals surface area contributed by atoms with E-state index in [9.17, 15) is 9.59 Å². The first kappa shape index (κ1) is 33.3. The molecule has 0 spiro atoms. The van der Waals surface area contributed by atoms with Crippen LogP contribution in [0.25, 0.3) is 11.4 Å². The van der Waals surface area contributed by atoms with E-state index in [1.807, 2.05) is 17.0 Å². The molecule has 9 nitrogen and oxygen atoms in total. The van der Waals surface area contributed by atoms with Crippen LogP contribution in [-0.2, 0) is 20.7 Å². The van der Waals surface area contributed by atoms with Crippen LogP contribution in [0.4, 0.5) is 4.79 Å². The van der Waals surface area contributed by atoms with Crippen molar-refractivity contribution in [3.63, 3.8) is 0 Å². The van der Waals surface area contributed by atoms with Gasteiger partial charge in [-0.15, -0.1) is 0 Å². The maximum absolute atomic E-state index is 12.5. The van der Waals surface area contributed by atoms with Crippen molar-refractivity contribution in [2.24, 2.45) is 4.99 Å². The van der Waals surface area contributed by atoms with E-state index in [1.165, 1.54) is 56.9 Å². The molecule has 0 radical (unpaired) electrons. The number of hydrogen-bond donors (Lipinski definition) is 0. The van der Waals surface area contributed by atoms with E-state index in [1.54, 1.807) is 41.5 Å². The lowest BCUT2D eigenvalue weighted by molar-refractivity contribution is -0.153. The van der Waals surface area contributed by atoms with Crippen LogP contribution in [0.2, 0.25) is 0 Å². The summed E-state index contributed by atoms with van der Waals surface area (Å²) in [6.07, 6.45) is 10.8. The number of aromatic nitrogens is 2. The van der Waals surface area contributed by atoms with Crippen LogP contribution in [0.15, 0.2) is 33.8 Å². The second-order valence-corrected chi connectivity index (χ2v) is 13.3. The molecule has 1 aliphatic rings. The number of amidine groups is 1. The van der Waals surface area contributed by atoms with Crippen LogP contribution >= 0.6 is 0 Å². The molecule has 42 heavy (non-hydrogen) atoms. The van der Waals surface area contributed by atoms with Crippen molar-refractivity contribution in [1.29, 1.82) is 0 Å². The second-order valence-electron chi connectivity index (χ2n) is 13.3. The number of unbranched alkanes of at least 4 members (excludes halogenated alkanes) is 7. The maximum Gasteiger partial charge on any atom is 0.435 e. The van der Waals surface area contributed by atoms with Crippen molar-refractivity contribution in [3.8, 4) is 11.4 Å². The Morgan fingerprint density at radius 2 is 1.50 bits per heavy atom. The third-order valence-electron chi connectivity index (χ3n) is 6.91. The summed E-state index contributed by atoms with van der Waals surface area (Å²) in [5, 5.41) is 4.20. The standard InChI is InChI=1S/C33H50N4O5/c1-8-9-10-11-12-13-14-15-16-24-17-19-25(20-18-24)29-35-30(42-36-29)26-22-37(23-26)27(21-28(38)40-32(2,3)4)34-31(39)41-33(5,6)7/h17-20,26H,8-16,21-23H2,1-7H3. The van der Waals surface area contributed by atoms with Gasteiger partial charge in [-0.05, 0) is 59.9 Å². The van der Waals surface area contributed by atoms with Crippen LogP contribution in [0, 0.1) is 0 Å². The lowest BCUT2D eigenvalue weighted by Gasteiger charge is -2.39. The highest BCUT2D eigenvalue weighted by Gasteiger charge is 2.36. The largest absolute Gasteiger partial charge is 0.460 e. The fraction of sp³-hybridized carbons (Fsp3) is 0.667. The summed E-state index contributed by atoms with van der Waals surface area (Å²) >= 11 is 0. The number of aliphatic imine (C=N–C) groups is 1. The van der Waals surface area contributed by atoms with Gasteiger partial charge in [-0.3, -0.25) is 4.79 Å². The van der Waals surface area contributed by atoms with E-state index in [0.29, 0.717) is 30.6 Å². The monoisotopic (exact) mass is 582 g/mol. The highest BCUT2D eigenvalue weighted by Crippen LogP contribution is 2.29. The number of esters is 1. The SMILES string of the molecule is CCCCCCCCCCc1ccc(-c2noc(C3CN(C(CC(=O)OC(C)(C)C)=NC(=O)OC(C)(C)C)C3)n2)cc1. The van der Waals surface area contributed by atoms with Gasteiger partial charge in [0.25, 0.3) is 0 Å². The van der Waals surface area contributed by atoms with E-state index < -0.39 is 23.3 Å². The molecule has 0 unspecified atom stereocenters. The molecule has 2 heterocycles. The summed E-state index contributed by atoms with van der Waals surface area (Å²) < 4.78 is 16.4. The number of ether oxygens (including phenoxy) is 2. The Bertz CT molecular complexity index is 1170. The predicted octanol–water partition coefficient (Wildman–Crippen LogP) is 7.88. The van der Waals surface area contributed by atoms with E-state index in [-0.39, 0.29) is 12.3 Å². The van der Waals surface area contributed by atoms with Crippen LogP contribution in [0.5, 0.6) is 0 Å². The molecule has 1 aromatic carbocycles. The van der Waals surface area contributed by atoms with Gasteiger partial charge < -0.3 is 18.9 Å². The molecule has 2 aromatic rings. The normalized spacial score (nSPS) is 14.5. The summed E-state index contributed by atoms with van der Waals surface area (Å²) in [7, 11) is 0. The number of rotatable bonds is 13. The summed E-state index contributed by atoms with van der Waals surface area (Å²) in [4.78, 5) is 35.5. The lowest BCUT2D eigenvalue weighted by Crippen LogP contribution is -2.49. The van der Waals surface area contributed by atoms with Gasteiger partial charge in [0.2, 0.25) is 11.7 Å². The van der Waals surface area contributed by atoms with Crippen molar-refractivity contribution < 1.29 is 23.6 Å². The average Bonchev–Trinajstić information content (AvgIpc) is 3.32. The first-order valence-corrected chi connectivity index (χ1v) is 15.5. The summed E-state index contributed by atoms with van der Waals surface area (Å²) in [6.45, 7) is 13.9. The van der Waals surface area contributed by atoms with Gasteiger partial charge in [0, 0.05) is 18.7 Å². The zero-order valence-electron chi connectivity index (χ0n) is 26.7. The second kappa shape index (κ2) is 15.3. The van der Waals surface area contributed by atoms with E-state index in [4.69, 9.17) is 14.0 Å². The fourth-order valence-corrected chi connectivity index (χ4v) is 4.77. The number of likely N-dealkylation sites (tertiary alicyclic amines) is 1. The zero-order chi connectivity index (χ0) is 30.8. The molecule has 0 bridgehead atoms. The molecule has 0 atom stereocenters. The molecule has 232 valence electrons. The number of carbonyl (C=O) groups excluding carboxylic acids is 2. The Morgan fingerprint density at radius 1 is 0.905 bits per heavy atom. The number of nitrogens with zero attached hydrogens (tertiary/aromatic N) is 4. The van der Waals surface area contributed by atoms with Crippen LogP contribution in [-0.4, -0.2) is 57.2 Å². The molecule has 1 saturated heterocycles. The predicted molar refractivity (Wildman–Crippen MR) is 164 cm³/mol. The van der Waals surface area contributed by atoms with Crippen molar-refractivity contribution in [2.45, 2.75) is 130 Å². The number of amides is 1. The first-order chi connectivity index (χ1) is 19.8. The van der Waals surface area contributed by atoms with Gasteiger partial charge in [0.1, 0.15) is 23.5 Å². The quantitative estimate of drug-likeness (QED) is 0.102. The summed E-state index contributed by atoms with van der Waals surface area (Å²) in [5.74, 6) is 0.896. The Labute approximate surface area is 251 Å². The molecule has 1 amide bonds. The molecule has 1 fully saturated rings. The summed E-state index contributed by atoms with van der Waals surface area (Å²) in [5.41, 5.74) is 0.904. The molecule has 9 heteroatoms. The van der Waals surface area contributed by atoms with Crippen molar-refractivity contribution in [1.82, 2.24) is 15.0 Å². The fourth-order valence-electron chi connectivity index (χ4n) is 4.77. The van der Waals surface area contributed by atoms with Crippen molar-refractivity contribution in [2.75, 3.05) is 13.1 Å².